The van der Waals surface area contributed by atoms with Crippen molar-refractivity contribution in [2.45, 2.75) is 12.4 Å². The summed E-state index contributed by atoms with van der Waals surface area (Å²) in [6.45, 7) is 0. The van der Waals surface area contributed by atoms with E-state index in [4.69, 9.17) is 12.2 Å². The van der Waals surface area contributed by atoms with Gasteiger partial charge in [0.25, 0.3) is 5.91 Å². The summed E-state index contributed by atoms with van der Waals surface area (Å²) in [6.07, 6.45) is -8.78. The van der Waals surface area contributed by atoms with Gasteiger partial charge in [0, 0.05) is 11.8 Å². The molecule has 2 N–H and O–H groups in total. The zero-order chi connectivity index (χ0) is 18.1. The molecule has 0 fully saturated rings. The van der Waals surface area contributed by atoms with Crippen LogP contribution in [0.15, 0.2) is 36.5 Å². The lowest BCUT2D eigenvalue weighted by Gasteiger charge is -2.14. The number of H-pyrrole nitrogens is 1. The minimum Gasteiger partial charge on any atom is -0.351 e. The number of alkyl halides is 6. The Morgan fingerprint density at radius 1 is 0.958 bits per heavy atom. The van der Waals surface area contributed by atoms with Gasteiger partial charge in [-0.3, -0.25) is 4.79 Å². The summed E-state index contributed by atoms with van der Waals surface area (Å²) in [5.41, 5.74) is -3.75. The Balaban J connectivity index is 2.42. The van der Waals surface area contributed by atoms with Crippen molar-refractivity contribution >= 4 is 23.8 Å². The van der Waals surface area contributed by atoms with Crippen molar-refractivity contribution < 1.29 is 31.1 Å². The van der Waals surface area contributed by atoms with Crippen LogP contribution in [0.5, 0.6) is 0 Å². The maximum Gasteiger partial charge on any atom is 0.416 e. The first-order valence-electron chi connectivity index (χ1n) is 6.26. The van der Waals surface area contributed by atoms with Crippen LogP contribution in [-0.2, 0) is 12.4 Å². The second kappa shape index (κ2) is 6.27. The second-order valence-electron chi connectivity index (χ2n) is 4.69. The molecule has 0 aliphatic rings. The molecule has 24 heavy (non-hydrogen) atoms. The number of carbonyl (C=O) groups is 1. The number of halogens is 6. The van der Waals surface area contributed by atoms with Crippen LogP contribution in [0.25, 0.3) is 0 Å². The second-order valence-corrected chi connectivity index (χ2v) is 5.13. The Hall–Kier alpha value is -2.36. The van der Waals surface area contributed by atoms with Crippen LogP contribution in [0.2, 0.25) is 0 Å². The maximum absolute atomic E-state index is 12.8. The van der Waals surface area contributed by atoms with Crippen LogP contribution in [0, 0.1) is 4.64 Å². The minimum atomic E-state index is -5.02. The lowest BCUT2D eigenvalue weighted by Crippen LogP contribution is -2.17. The van der Waals surface area contributed by atoms with Gasteiger partial charge >= 0.3 is 12.4 Å². The molecule has 1 heterocycles. The molecular weight excluding hydrogens is 358 g/mol. The predicted octanol–water partition coefficient (Wildman–Crippen LogP) is 5.03. The molecule has 0 spiro atoms. The number of hydrogen-bond donors (Lipinski definition) is 2. The molecule has 2 rings (SSSR count). The summed E-state index contributed by atoms with van der Waals surface area (Å²) in [4.78, 5) is 14.5. The normalized spacial score (nSPS) is 12.1. The third-order valence-electron chi connectivity index (χ3n) is 2.89. The van der Waals surface area contributed by atoms with Gasteiger partial charge in [0.1, 0.15) is 4.64 Å². The van der Waals surface area contributed by atoms with Crippen LogP contribution < -0.4 is 5.32 Å². The molecule has 2 aromatic rings. The van der Waals surface area contributed by atoms with Crippen LogP contribution in [0.3, 0.4) is 0 Å². The Bertz CT molecular complexity index is 772. The largest absolute Gasteiger partial charge is 0.416 e. The average Bonchev–Trinajstić information content (AvgIpc) is 2.47. The van der Waals surface area contributed by atoms with Gasteiger partial charge in [-0.1, -0.05) is 12.2 Å². The first-order valence-corrected chi connectivity index (χ1v) is 6.67. The number of anilines is 1. The molecule has 0 unspecified atom stereocenters. The van der Waals surface area contributed by atoms with E-state index in [0.29, 0.717) is 16.8 Å². The standard InChI is InChI=1S/C14H8F6N2OS/c15-13(16,17)8-3-7(4-9(5-8)14(18,19)20)12(23)22-10-1-2-11(24)21-6-10/h1-6H,(H,21,24)(H,22,23). The SMILES string of the molecule is O=C(Nc1ccc(=S)[nH]c1)c1cc(C(F)(F)F)cc(C(F)(F)F)c1. The number of benzene rings is 1. The Labute approximate surface area is 136 Å². The lowest BCUT2D eigenvalue weighted by atomic mass is 10.0. The highest BCUT2D eigenvalue weighted by atomic mass is 32.1. The fraction of sp³-hybridized carbons (Fsp3) is 0.143. The molecule has 0 saturated carbocycles. The van der Waals surface area contributed by atoms with Gasteiger partial charge in [0.05, 0.1) is 16.8 Å². The van der Waals surface area contributed by atoms with Crippen molar-refractivity contribution in [2.75, 3.05) is 5.32 Å². The number of aromatic amines is 1. The number of amides is 1. The van der Waals surface area contributed by atoms with Crippen LogP contribution in [0.4, 0.5) is 32.0 Å². The molecular formula is C14H8F6N2OS. The monoisotopic (exact) mass is 366 g/mol. The first-order chi connectivity index (χ1) is 11.0. The van der Waals surface area contributed by atoms with Crippen molar-refractivity contribution in [1.29, 1.82) is 0 Å². The zero-order valence-electron chi connectivity index (χ0n) is 11.5. The van der Waals surface area contributed by atoms with E-state index in [1.165, 1.54) is 18.3 Å². The van der Waals surface area contributed by atoms with Crippen molar-refractivity contribution in [3.05, 3.63) is 57.9 Å². The molecule has 0 atom stereocenters. The highest BCUT2D eigenvalue weighted by molar-refractivity contribution is 7.71. The lowest BCUT2D eigenvalue weighted by molar-refractivity contribution is -0.143. The fourth-order valence-corrected chi connectivity index (χ4v) is 1.90. The topological polar surface area (TPSA) is 44.9 Å². The number of pyridine rings is 1. The van der Waals surface area contributed by atoms with E-state index in [-0.39, 0.29) is 11.8 Å². The highest BCUT2D eigenvalue weighted by Gasteiger charge is 2.37. The molecule has 0 saturated heterocycles. The Kier molecular flexibility index (Phi) is 4.70. The summed E-state index contributed by atoms with van der Waals surface area (Å²) in [5, 5.41) is 2.19. The van der Waals surface area contributed by atoms with E-state index >= 15 is 0 Å². The number of rotatable bonds is 2. The molecule has 0 radical (unpaired) electrons. The Morgan fingerprint density at radius 2 is 1.50 bits per heavy atom. The number of aromatic nitrogens is 1. The smallest absolute Gasteiger partial charge is 0.351 e. The van der Waals surface area contributed by atoms with Crippen LogP contribution in [0.1, 0.15) is 21.5 Å². The molecule has 1 aromatic carbocycles. The third kappa shape index (κ3) is 4.34. The number of nitrogens with one attached hydrogen (secondary N) is 2. The van der Waals surface area contributed by atoms with Gasteiger partial charge in [0.2, 0.25) is 0 Å². The summed E-state index contributed by atoms with van der Waals surface area (Å²) >= 11 is 4.78. The molecule has 0 bridgehead atoms. The van der Waals surface area contributed by atoms with Crippen LogP contribution in [-0.4, -0.2) is 10.9 Å². The zero-order valence-corrected chi connectivity index (χ0v) is 12.4. The van der Waals surface area contributed by atoms with E-state index in [1.54, 1.807) is 0 Å². The van der Waals surface area contributed by atoms with E-state index < -0.39 is 35.0 Å². The van der Waals surface area contributed by atoms with Gasteiger partial charge in [-0.05, 0) is 30.3 Å². The summed E-state index contributed by atoms with van der Waals surface area (Å²) in [6, 6.07) is 3.43. The van der Waals surface area contributed by atoms with Crippen molar-refractivity contribution in [3.8, 4) is 0 Å². The minimum absolute atomic E-state index is 0.0451. The fourth-order valence-electron chi connectivity index (χ4n) is 1.78. The average molecular weight is 366 g/mol. The summed E-state index contributed by atoms with van der Waals surface area (Å²) in [5.74, 6) is -1.11. The van der Waals surface area contributed by atoms with E-state index in [1.807, 2.05) is 0 Å². The van der Waals surface area contributed by atoms with Gasteiger partial charge in [-0.2, -0.15) is 26.3 Å². The molecule has 10 heteroatoms. The van der Waals surface area contributed by atoms with E-state index in [2.05, 4.69) is 10.3 Å². The quantitative estimate of drug-likeness (QED) is 0.578. The van der Waals surface area contributed by atoms with Gasteiger partial charge < -0.3 is 10.3 Å². The molecule has 0 aliphatic heterocycles. The number of carbonyl (C=O) groups excluding carboxylic acids is 1. The molecule has 1 aromatic heterocycles. The molecule has 0 aliphatic carbocycles. The van der Waals surface area contributed by atoms with Crippen LogP contribution >= 0.6 is 12.2 Å². The van der Waals surface area contributed by atoms with Crippen molar-refractivity contribution in [3.63, 3.8) is 0 Å². The van der Waals surface area contributed by atoms with Gasteiger partial charge in [-0.25, -0.2) is 0 Å². The summed E-state index contributed by atoms with van der Waals surface area (Å²) < 4.78 is 76.9. The van der Waals surface area contributed by atoms with Gasteiger partial charge in [-0.15, -0.1) is 0 Å². The van der Waals surface area contributed by atoms with Gasteiger partial charge in [0.15, 0.2) is 0 Å². The third-order valence-corrected chi connectivity index (χ3v) is 3.15. The molecule has 1 amide bonds. The first kappa shape index (κ1) is 18.0. The molecule has 128 valence electrons. The predicted molar refractivity (Wildman–Crippen MR) is 76.0 cm³/mol. The Morgan fingerprint density at radius 3 is 1.92 bits per heavy atom. The summed E-state index contributed by atoms with van der Waals surface area (Å²) in [7, 11) is 0. The van der Waals surface area contributed by atoms with E-state index in [0.717, 1.165) is 0 Å². The van der Waals surface area contributed by atoms with Crippen molar-refractivity contribution in [2.24, 2.45) is 0 Å². The van der Waals surface area contributed by atoms with E-state index in [9.17, 15) is 31.1 Å². The molecule has 3 nitrogen and oxygen atoms in total. The maximum atomic E-state index is 12.8. The number of hydrogen-bond acceptors (Lipinski definition) is 2. The highest BCUT2D eigenvalue weighted by Crippen LogP contribution is 2.36. The van der Waals surface area contributed by atoms with Crippen molar-refractivity contribution in [1.82, 2.24) is 4.98 Å².